The third kappa shape index (κ3) is 6.54. The van der Waals surface area contributed by atoms with Crippen LogP contribution in [0.1, 0.15) is 37.8 Å². The maximum atomic E-state index is 12.9. The van der Waals surface area contributed by atoms with Crippen LogP contribution in [0.4, 0.5) is 5.69 Å². The number of ether oxygens (including phenoxy) is 2. The van der Waals surface area contributed by atoms with E-state index < -0.39 is 0 Å². The van der Waals surface area contributed by atoms with Crippen LogP contribution >= 0.6 is 0 Å². The minimum Gasteiger partial charge on any atom is -0.489 e. The molecule has 1 aliphatic heterocycles. The molecule has 4 rings (SSSR count). The van der Waals surface area contributed by atoms with Crippen molar-refractivity contribution < 1.29 is 14.3 Å². The normalized spacial score (nSPS) is 16.3. The van der Waals surface area contributed by atoms with Gasteiger partial charge in [-0.1, -0.05) is 32.0 Å². The summed E-state index contributed by atoms with van der Waals surface area (Å²) in [5.41, 5.74) is 2.60. The maximum absolute atomic E-state index is 12.9. The van der Waals surface area contributed by atoms with Crippen LogP contribution in [0.15, 0.2) is 61.1 Å². The first-order valence-corrected chi connectivity index (χ1v) is 11.7. The van der Waals surface area contributed by atoms with Crippen molar-refractivity contribution in [3.8, 4) is 17.4 Å². The molecule has 0 radical (unpaired) electrons. The number of pyridine rings is 2. The van der Waals surface area contributed by atoms with Crippen molar-refractivity contribution in [1.82, 2.24) is 14.9 Å². The van der Waals surface area contributed by atoms with Gasteiger partial charge < -0.3 is 14.8 Å². The van der Waals surface area contributed by atoms with E-state index in [1.54, 1.807) is 18.6 Å². The molecule has 1 N–H and O–H groups in total. The minimum atomic E-state index is -0.0731. The molecule has 0 bridgehead atoms. The second kappa shape index (κ2) is 10.7. The summed E-state index contributed by atoms with van der Waals surface area (Å²) in [4.78, 5) is 23.7. The summed E-state index contributed by atoms with van der Waals surface area (Å²) in [5.74, 6) is 1.78. The Morgan fingerprint density at radius 2 is 1.97 bits per heavy atom. The summed E-state index contributed by atoms with van der Waals surface area (Å²) < 4.78 is 12.4. The Hall–Kier alpha value is -3.45. The second-order valence-electron chi connectivity index (χ2n) is 9.58. The quantitative estimate of drug-likeness (QED) is 0.578. The highest BCUT2D eigenvalue weighted by Gasteiger charge is 2.23. The topological polar surface area (TPSA) is 76.6 Å². The largest absolute Gasteiger partial charge is 0.489 e. The smallest absolute Gasteiger partial charge is 0.238 e. The van der Waals surface area contributed by atoms with Gasteiger partial charge in [0.2, 0.25) is 11.8 Å². The first-order valence-electron chi connectivity index (χ1n) is 11.7. The molecule has 1 aromatic carbocycles. The molecule has 3 aromatic rings. The van der Waals surface area contributed by atoms with Gasteiger partial charge >= 0.3 is 0 Å². The van der Waals surface area contributed by atoms with E-state index >= 15 is 0 Å². The zero-order chi connectivity index (χ0) is 24.0. The lowest BCUT2D eigenvalue weighted by Gasteiger charge is -2.27. The fourth-order valence-electron chi connectivity index (χ4n) is 4.00. The Balaban J connectivity index is 1.57. The van der Waals surface area contributed by atoms with Crippen molar-refractivity contribution in [3.05, 3.63) is 72.2 Å². The molecule has 7 nitrogen and oxygen atoms in total. The molecular formula is C27H32N4O3. The lowest BCUT2D eigenvalue weighted by molar-refractivity contribution is -0.117. The highest BCUT2D eigenvalue weighted by Crippen LogP contribution is 2.34. The van der Waals surface area contributed by atoms with Gasteiger partial charge in [-0.2, -0.15) is 0 Å². The number of fused-ring (bicyclic) bond motifs is 2. The average molecular weight is 461 g/mol. The van der Waals surface area contributed by atoms with Crippen LogP contribution in [-0.2, 0) is 11.3 Å². The average Bonchev–Trinajstić information content (AvgIpc) is 2.80. The van der Waals surface area contributed by atoms with Gasteiger partial charge in [-0.25, -0.2) is 4.98 Å². The van der Waals surface area contributed by atoms with Crippen LogP contribution in [0.5, 0.6) is 17.4 Å². The van der Waals surface area contributed by atoms with Crippen LogP contribution in [0.2, 0.25) is 0 Å². The van der Waals surface area contributed by atoms with E-state index in [9.17, 15) is 4.79 Å². The van der Waals surface area contributed by atoms with Crippen molar-refractivity contribution in [2.45, 2.75) is 40.2 Å². The van der Waals surface area contributed by atoms with E-state index in [1.807, 2.05) is 49.4 Å². The number of nitrogens with zero attached hydrogens (tertiary/aromatic N) is 3. The van der Waals surface area contributed by atoms with E-state index in [4.69, 9.17) is 9.47 Å². The number of hydrogen-bond donors (Lipinski definition) is 1. The van der Waals surface area contributed by atoms with E-state index in [2.05, 4.69) is 34.0 Å². The summed E-state index contributed by atoms with van der Waals surface area (Å²) in [7, 11) is 0. The molecule has 0 aliphatic carbocycles. The number of nitrogens with one attached hydrogen (secondary N) is 1. The Morgan fingerprint density at radius 3 is 2.79 bits per heavy atom. The van der Waals surface area contributed by atoms with Gasteiger partial charge in [-0.15, -0.1) is 0 Å². The molecular weight excluding hydrogens is 428 g/mol. The fourth-order valence-corrected chi connectivity index (χ4v) is 4.00. The van der Waals surface area contributed by atoms with Gasteiger partial charge in [0.25, 0.3) is 0 Å². The maximum Gasteiger partial charge on any atom is 0.238 e. The van der Waals surface area contributed by atoms with Gasteiger partial charge in [0.05, 0.1) is 25.0 Å². The SMILES string of the molecule is Cc1cncc(NC(=O)CN2CCCC(C)(C)COc3ccccc3Oc3ncccc3C2)c1. The van der Waals surface area contributed by atoms with E-state index in [0.29, 0.717) is 36.2 Å². The lowest BCUT2D eigenvalue weighted by Crippen LogP contribution is -2.34. The monoisotopic (exact) mass is 460 g/mol. The molecule has 34 heavy (non-hydrogen) atoms. The minimum absolute atomic E-state index is 0.0204. The molecule has 7 heteroatoms. The number of rotatable bonds is 3. The van der Waals surface area contributed by atoms with Gasteiger partial charge in [0.15, 0.2) is 11.5 Å². The molecule has 2 aromatic heterocycles. The van der Waals surface area contributed by atoms with Crippen LogP contribution in [-0.4, -0.2) is 40.5 Å². The lowest BCUT2D eigenvalue weighted by atomic mass is 9.88. The summed E-state index contributed by atoms with van der Waals surface area (Å²) >= 11 is 0. The molecule has 0 atom stereocenters. The molecule has 0 fully saturated rings. The number of aryl methyl sites for hydroxylation is 1. The first-order chi connectivity index (χ1) is 16.4. The van der Waals surface area contributed by atoms with E-state index in [-0.39, 0.29) is 17.9 Å². The second-order valence-corrected chi connectivity index (χ2v) is 9.58. The Labute approximate surface area is 201 Å². The molecule has 1 aliphatic rings. The molecule has 0 saturated carbocycles. The van der Waals surface area contributed by atoms with Gasteiger partial charge in [0, 0.05) is 24.5 Å². The van der Waals surface area contributed by atoms with Gasteiger partial charge in [-0.05, 0) is 61.6 Å². The standard InChI is InChI=1S/C27H32N4O3/c1-20-14-22(16-28-15-20)30-25(32)18-31-13-7-11-27(2,3)19-33-23-9-4-5-10-24(23)34-26-21(17-31)8-6-12-29-26/h4-6,8-10,12,14-16H,7,11,13,17-19H2,1-3H3,(H,30,32). The number of benzene rings is 1. The summed E-state index contributed by atoms with van der Waals surface area (Å²) in [5, 5.41) is 2.97. The number of hydrogen-bond acceptors (Lipinski definition) is 6. The highest BCUT2D eigenvalue weighted by molar-refractivity contribution is 5.92. The van der Waals surface area contributed by atoms with Crippen LogP contribution < -0.4 is 14.8 Å². The van der Waals surface area contributed by atoms with Crippen molar-refractivity contribution in [2.24, 2.45) is 5.41 Å². The zero-order valence-electron chi connectivity index (χ0n) is 20.1. The van der Waals surface area contributed by atoms with Crippen molar-refractivity contribution in [2.75, 3.05) is 25.0 Å². The van der Waals surface area contributed by atoms with Crippen LogP contribution in [0.25, 0.3) is 0 Å². The zero-order valence-corrected chi connectivity index (χ0v) is 20.1. The van der Waals surface area contributed by atoms with Crippen molar-refractivity contribution in [3.63, 3.8) is 0 Å². The molecule has 0 unspecified atom stereocenters. The number of anilines is 1. The summed E-state index contributed by atoms with van der Waals surface area (Å²) in [6, 6.07) is 13.5. The molecule has 0 saturated heterocycles. The third-order valence-corrected chi connectivity index (χ3v) is 5.77. The van der Waals surface area contributed by atoms with Gasteiger partial charge in [0.1, 0.15) is 0 Å². The fraction of sp³-hybridized carbons (Fsp3) is 0.370. The Morgan fingerprint density at radius 1 is 1.15 bits per heavy atom. The Kier molecular flexibility index (Phi) is 7.43. The van der Waals surface area contributed by atoms with E-state index in [1.165, 1.54) is 0 Å². The predicted octanol–water partition coefficient (Wildman–Crippen LogP) is 5.22. The molecule has 0 spiro atoms. The first kappa shape index (κ1) is 23.7. The van der Waals surface area contributed by atoms with E-state index in [0.717, 1.165) is 30.5 Å². The summed E-state index contributed by atoms with van der Waals surface area (Å²) in [6.45, 7) is 8.51. The van der Waals surface area contributed by atoms with Gasteiger partial charge in [-0.3, -0.25) is 14.7 Å². The predicted molar refractivity (Wildman–Crippen MR) is 132 cm³/mol. The molecule has 1 amide bonds. The number of aromatic nitrogens is 2. The van der Waals surface area contributed by atoms with Crippen LogP contribution in [0.3, 0.4) is 0 Å². The summed E-state index contributed by atoms with van der Waals surface area (Å²) in [6.07, 6.45) is 7.05. The Bertz CT molecular complexity index is 1130. The van der Waals surface area contributed by atoms with Crippen LogP contribution in [0, 0.1) is 12.3 Å². The number of carbonyl (C=O) groups excluding carboxylic acids is 1. The van der Waals surface area contributed by atoms with Crippen molar-refractivity contribution in [1.29, 1.82) is 0 Å². The molecule has 3 heterocycles. The van der Waals surface area contributed by atoms with Crippen molar-refractivity contribution >= 4 is 11.6 Å². The number of para-hydroxylation sites is 2. The number of amides is 1. The number of carbonyl (C=O) groups is 1. The molecule has 178 valence electrons. The highest BCUT2D eigenvalue weighted by atomic mass is 16.5. The third-order valence-electron chi connectivity index (χ3n) is 5.77.